The third-order valence-corrected chi connectivity index (χ3v) is 3.32. The topological polar surface area (TPSA) is 43.6 Å². The Morgan fingerprint density at radius 2 is 1.86 bits per heavy atom. The fourth-order valence-corrected chi connectivity index (χ4v) is 2.26. The fourth-order valence-electron chi connectivity index (χ4n) is 2.10. The maximum absolute atomic E-state index is 12.7. The monoisotopic (exact) mass is 312 g/mol. The van der Waals surface area contributed by atoms with Crippen molar-refractivity contribution >= 4 is 22.5 Å². The number of pyridine rings is 1. The summed E-state index contributed by atoms with van der Waals surface area (Å²) in [6.07, 6.45) is -2.04. The molecule has 0 bridgehead atoms. The molecule has 0 N–H and O–H groups in total. The molecule has 4 nitrogen and oxygen atoms in total. The molecule has 0 saturated carbocycles. The van der Waals surface area contributed by atoms with Crippen LogP contribution in [0.3, 0.4) is 0 Å². The van der Waals surface area contributed by atoms with E-state index in [9.17, 15) is 13.2 Å². The standard InChI is InChI=1S/C13H8ClF3N4/c1-21-9-4-12(14)18-5-7(9)2-10(21)8-3-11(13(15,16)17)20-6-19-8/h2-6H,1H3. The molecule has 108 valence electrons. The molecule has 0 unspecified atom stereocenters. The van der Waals surface area contributed by atoms with Crippen molar-refractivity contribution in [2.45, 2.75) is 6.18 Å². The van der Waals surface area contributed by atoms with Crippen molar-refractivity contribution in [1.29, 1.82) is 0 Å². The summed E-state index contributed by atoms with van der Waals surface area (Å²) in [5.74, 6) is 0. The van der Waals surface area contributed by atoms with E-state index in [0.29, 0.717) is 10.8 Å². The van der Waals surface area contributed by atoms with Crippen LogP contribution in [-0.4, -0.2) is 19.5 Å². The van der Waals surface area contributed by atoms with E-state index in [-0.39, 0.29) is 5.69 Å². The smallest absolute Gasteiger partial charge is 0.342 e. The Balaban J connectivity index is 2.19. The number of alkyl halides is 3. The van der Waals surface area contributed by atoms with Gasteiger partial charge in [-0.2, -0.15) is 13.2 Å². The third-order valence-electron chi connectivity index (χ3n) is 3.11. The zero-order valence-electron chi connectivity index (χ0n) is 10.7. The average molecular weight is 313 g/mol. The second-order valence-electron chi connectivity index (χ2n) is 4.44. The molecule has 0 aliphatic rings. The molecular formula is C13H8ClF3N4. The number of aryl methyl sites for hydroxylation is 1. The first-order valence-corrected chi connectivity index (χ1v) is 6.24. The van der Waals surface area contributed by atoms with E-state index in [1.165, 1.54) is 0 Å². The van der Waals surface area contributed by atoms with Crippen LogP contribution < -0.4 is 0 Å². The highest BCUT2D eigenvalue weighted by Crippen LogP contribution is 2.31. The summed E-state index contributed by atoms with van der Waals surface area (Å²) < 4.78 is 39.9. The van der Waals surface area contributed by atoms with Crippen molar-refractivity contribution in [3.63, 3.8) is 0 Å². The van der Waals surface area contributed by atoms with Gasteiger partial charge in [-0.15, -0.1) is 0 Å². The molecule has 0 saturated heterocycles. The summed E-state index contributed by atoms with van der Waals surface area (Å²) in [5.41, 5.74) is 0.500. The molecular weight excluding hydrogens is 305 g/mol. The number of rotatable bonds is 1. The van der Waals surface area contributed by atoms with E-state index in [2.05, 4.69) is 15.0 Å². The molecule has 0 atom stereocenters. The number of nitrogens with zero attached hydrogens (tertiary/aromatic N) is 4. The minimum atomic E-state index is -4.51. The normalized spacial score (nSPS) is 12.0. The lowest BCUT2D eigenvalue weighted by molar-refractivity contribution is -0.141. The third kappa shape index (κ3) is 2.44. The van der Waals surface area contributed by atoms with E-state index < -0.39 is 11.9 Å². The van der Waals surface area contributed by atoms with E-state index in [0.717, 1.165) is 23.3 Å². The zero-order valence-corrected chi connectivity index (χ0v) is 11.4. The highest BCUT2D eigenvalue weighted by molar-refractivity contribution is 6.30. The Hall–Kier alpha value is -2.15. The van der Waals surface area contributed by atoms with E-state index >= 15 is 0 Å². The molecule has 0 aliphatic heterocycles. The van der Waals surface area contributed by atoms with Crippen LogP contribution in [0.2, 0.25) is 5.15 Å². The van der Waals surface area contributed by atoms with Gasteiger partial charge in [0.15, 0.2) is 0 Å². The molecule has 0 radical (unpaired) electrons. The lowest BCUT2D eigenvalue weighted by Gasteiger charge is -2.08. The summed E-state index contributed by atoms with van der Waals surface area (Å²) in [4.78, 5) is 11.1. The second-order valence-corrected chi connectivity index (χ2v) is 4.83. The van der Waals surface area contributed by atoms with Crippen molar-refractivity contribution in [3.05, 3.63) is 41.6 Å². The Morgan fingerprint density at radius 1 is 1.10 bits per heavy atom. The Labute approximate surface area is 122 Å². The van der Waals surface area contributed by atoms with E-state index in [1.54, 1.807) is 29.9 Å². The largest absolute Gasteiger partial charge is 0.433 e. The molecule has 0 fully saturated rings. The second kappa shape index (κ2) is 4.70. The maximum atomic E-state index is 12.7. The number of halogens is 4. The quantitative estimate of drug-likeness (QED) is 0.643. The summed E-state index contributed by atoms with van der Waals surface area (Å²) in [6.45, 7) is 0. The Bertz CT molecular complexity index is 826. The first-order chi connectivity index (χ1) is 9.86. The van der Waals surface area contributed by atoms with Gasteiger partial charge in [0.25, 0.3) is 0 Å². The number of aromatic nitrogens is 4. The highest BCUT2D eigenvalue weighted by atomic mass is 35.5. The lowest BCUT2D eigenvalue weighted by Crippen LogP contribution is -2.08. The van der Waals surface area contributed by atoms with Crippen molar-refractivity contribution < 1.29 is 13.2 Å². The number of hydrogen-bond donors (Lipinski definition) is 0. The summed E-state index contributed by atoms with van der Waals surface area (Å²) in [6, 6.07) is 4.27. The van der Waals surface area contributed by atoms with Crippen LogP contribution >= 0.6 is 11.6 Å². The average Bonchev–Trinajstić information content (AvgIpc) is 2.75. The van der Waals surface area contributed by atoms with Crippen molar-refractivity contribution in [1.82, 2.24) is 19.5 Å². The molecule has 3 heterocycles. The lowest BCUT2D eigenvalue weighted by atomic mass is 10.2. The van der Waals surface area contributed by atoms with Gasteiger partial charge in [-0.05, 0) is 18.2 Å². The minimum absolute atomic E-state index is 0.187. The molecule has 21 heavy (non-hydrogen) atoms. The molecule has 0 spiro atoms. The summed E-state index contributed by atoms with van der Waals surface area (Å²) >= 11 is 5.83. The van der Waals surface area contributed by atoms with Gasteiger partial charge in [-0.3, -0.25) is 0 Å². The van der Waals surface area contributed by atoms with Crippen LogP contribution in [-0.2, 0) is 13.2 Å². The molecule has 8 heteroatoms. The molecule has 0 aliphatic carbocycles. The van der Waals surface area contributed by atoms with Gasteiger partial charge in [-0.1, -0.05) is 11.6 Å². The van der Waals surface area contributed by atoms with Crippen molar-refractivity contribution in [2.75, 3.05) is 0 Å². The van der Waals surface area contributed by atoms with Crippen molar-refractivity contribution in [3.8, 4) is 11.4 Å². The first kappa shape index (κ1) is 13.8. The summed E-state index contributed by atoms with van der Waals surface area (Å²) in [7, 11) is 1.73. The first-order valence-electron chi connectivity index (χ1n) is 5.87. The van der Waals surface area contributed by atoms with Gasteiger partial charge >= 0.3 is 6.18 Å². The van der Waals surface area contributed by atoms with Gasteiger partial charge in [0.1, 0.15) is 17.2 Å². The van der Waals surface area contributed by atoms with E-state index in [1.807, 2.05) is 0 Å². The molecule has 3 rings (SSSR count). The molecule has 0 amide bonds. The van der Waals surface area contributed by atoms with Crippen LogP contribution in [0.4, 0.5) is 13.2 Å². The maximum Gasteiger partial charge on any atom is 0.433 e. The Morgan fingerprint density at radius 3 is 2.57 bits per heavy atom. The van der Waals surface area contributed by atoms with Gasteiger partial charge in [0.2, 0.25) is 0 Å². The predicted molar refractivity (Wildman–Crippen MR) is 71.8 cm³/mol. The zero-order chi connectivity index (χ0) is 15.2. The van der Waals surface area contributed by atoms with E-state index in [4.69, 9.17) is 11.6 Å². The van der Waals surface area contributed by atoms with Crippen molar-refractivity contribution in [2.24, 2.45) is 7.05 Å². The SMILES string of the molecule is Cn1c(-c2cc(C(F)(F)F)ncn2)cc2cnc(Cl)cc21. The van der Waals surface area contributed by atoms with Gasteiger partial charge in [0.05, 0.1) is 16.9 Å². The van der Waals surface area contributed by atoms with Crippen LogP contribution in [0.15, 0.2) is 30.7 Å². The number of hydrogen-bond acceptors (Lipinski definition) is 3. The van der Waals surface area contributed by atoms with Crippen LogP contribution in [0, 0.1) is 0 Å². The van der Waals surface area contributed by atoms with Crippen LogP contribution in [0.5, 0.6) is 0 Å². The number of fused-ring (bicyclic) bond motifs is 1. The highest BCUT2D eigenvalue weighted by Gasteiger charge is 2.33. The Kier molecular flexibility index (Phi) is 3.09. The predicted octanol–water partition coefficient (Wildman–Crippen LogP) is 3.70. The fraction of sp³-hybridized carbons (Fsp3) is 0.154. The van der Waals surface area contributed by atoms with Gasteiger partial charge in [0, 0.05) is 18.6 Å². The molecule has 3 aromatic heterocycles. The van der Waals surface area contributed by atoms with Gasteiger partial charge < -0.3 is 4.57 Å². The molecule has 0 aromatic carbocycles. The van der Waals surface area contributed by atoms with Crippen LogP contribution in [0.1, 0.15) is 5.69 Å². The molecule has 3 aromatic rings. The summed E-state index contributed by atoms with van der Waals surface area (Å²) in [5, 5.41) is 1.08. The van der Waals surface area contributed by atoms with Gasteiger partial charge in [-0.25, -0.2) is 15.0 Å². The van der Waals surface area contributed by atoms with Crippen LogP contribution in [0.25, 0.3) is 22.3 Å². The minimum Gasteiger partial charge on any atom is -0.342 e.